The van der Waals surface area contributed by atoms with Crippen molar-refractivity contribution in [1.82, 2.24) is 19.8 Å². The van der Waals surface area contributed by atoms with E-state index in [-0.39, 0.29) is 47.1 Å². The van der Waals surface area contributed by atoms with Crippen molar-refractivity contribution in [3.8, 4) is 0 Å². The van der Waals surface area contributed by atoms with Gasteiger partial charge in [0.15, 0.2) is 0 Å². The molecule has 0 amide bonds. The minimum absolute atomic E-state index is 0.0127. The Morgan fingerprint density at radius 1 is 0.672 bits per heavy atom. The summed E-state index contributed by atoms with van der Waals surface area (Å²) in [7, 11) is 0. The van der Waals surface area contributed by atoms with Crippen molar-refractivity contribution in [3.05, 3.63) is 113 Å². The molecule has 2 aromatic heterocycles. The van der Waals surface area contributed by atoms with E-state index in [0.717, 1.165) is 108 Å². The molecule has 0 bridgehead atoms. The number of hydrogen-bond donors (Lipinski definition) is 3. The van der Waals surface area contributed by atoms with E-state index in [1.54, 1.807) is 0 Å². The molecule has 7 heterocycles. The molecule has 3 N–H and O–H groups in total. The normalized spacial score (nSPS) is 27.2. The Labute approximate surface area is 340 Å². The molecule has 9 heteroatoms. The fourth-order valence-electron chi connectivity index (χ4n) is 11.7. The molecule has 5 aromatic rings. The number of carbonyl (C=O) groups is 2. The number of benzene rings is 3. The molecule has 2 saturated heterocycles. The molecule has 2 fully saturated rings. The van der Waals surface area contributed by atoms with E-state index in [9.17, 15) is 9.59 Å². The number of nitrogens with zero attached hydrogens (tertiary/aromatic N) is 2. The van der Waals surface area contributed by atoms with Gasteiger partial charge in [-0.05, 0) is 101 Å². The molecular weight excluding hydrogens is 723 g/mol. The smallest absolute Gasteiger partial charge is 0.339 e. The van der Waals surface area contributed by atoms with Crippen molar-refractivity contribution in [2.45, 2.75) is 96.9 Å². The van der Waals surface area contributed by atoms with E-state index in [1.807, 2.05) is 13.8 Å². The maximum atomic E-state index is 14.4. The van der Waals surface area contributed by atoms with Gasteiger partial charge in [0.05, 0.1) is 65.2 Å². The number of rotatable bonds is 8. The fourth-order valence-corrected chi connectivity index (χ4v) is 11.7. The van der Waals surface area contributed by atoms with Crippen LogP contribution in [0.4, 0.5) is 5.69 Å². The number of hydrogen-bond acceptors (Lipinski definition) is 7. The fraction of sp³-hybridized carbons (Fsp3) is 0.429. The number of fused-ring (bicyclic) bond motifs is 11. The Balaban J connectivity index is 1.29. The third-order valence-electron chi connectivity index (χ3n) is 14.4. The van der Waals surface area contributed by atoms with Gasteiger partial charge in [0.1, 0.15) is 0 Å². The van der Waals surface area contributed by atoms with Crippen molar-refractivity contribution in [1.29, 1.82) is 0 Å². The average Bonchev–Trinajstić information content (AvgIpc) is 3.79. The molecule has 5 aliphatic rings. The molecule has 0 radical (unpaired) electrons. The lowest BCUT2D eigenvalue weighted by atomic mass is 9.70. The number of anilines is 1. The first kappa shape index (κ1) is 37.2. The first-order valence-corrected chi connectivity index (χ1v) is 21.8. The predicted molar refractivity (Wildman–Crippen MR) is 230 cm³/mol. The third kappa shape index (κ3) is 5.35. The minimum atomic E-state index is -0.282. The molecule has 5 aliphatic heterocycles. The molecule has 10 rings (SSSR count). The van der Waals surface area contributed by atoms with Gasteiger partial charge in [-0.25, -0.2) is 9.59 Å². The number of piperidine rings is 2. The Hall–Kier alpha value is -5.12. The average molecular weight is 778 g/mol. The monoisotopic (exact) mass is 777 g/mol. The molecule has 58 heavy (non-hydrogen) atoms. The quantitative estimate of drug-likeness (QED) is 0.135. The van der Waals surface area contributed by atoms with E-state index in [2.05, 4.69) is 124 Å². The Kier molecular flexibility index (Phi) is 9.17. The van der Waals surface area contributed by atoms with Crippen LogP contribution in [0.25, 0.3) is 33.0 Å². The molecule has 6 atom stereocenters. The SMILES string of the molecule is CCOC(=O)C1=C[C@]2(CC)CCCN[C@@H]2n2c1c([C@@H]1Cc3ccccc3N[C@H]1c1c3n(c4ccccc14)[C@H]1NCCC[C@@]1(CC)C=C3C(=O)OCC)c1ccccc12. The Bertz CT molecular complexity index is 2350. The maximum absolute atomic E-state index is 14.4. The Morgan fingerprint density at radius 3 is 1.72 bits per heavy atom. The van der Waals surface area contributed by atoms with Crippen LogP contribution >= 0.6 is 0 Å². The zero-order chi connectivity index (χ0) is 39.8. The summed E-state index contributed by atoms with van der Waals surface area (Å²) in [6, 6.07) is 25.7. The van der Waals surface area contributed by atoms with Crippen LogP contribution in [0.5, 0.6) is 0 Å². The number of carbonyl (C=O) groups excluding carboxylic acids is 2. The van der Waals surface area contributed by atoms with E-state index in [4.69, 9.17) is 9.47 Å². The summed E-state index contributed by atoms with van der Waals surface area (Å²) in [5.41, 5.74) is 9.44. The van der Waals surface area contributed by atoms with Gasteiger partial charge >= 0.3 is 11.9 Å². The van der Waals surface area contributed by atoms with E-state index in [0.29, 0.717) is 24.4 Å². The van der Waals surface area contributed by atoms with Gasteiger partial charge in [-0.2, -0.15) is 0 Å². The van der Waals surface area contributed by atoms with Crippen LogP contribution < -0.4 is 16.0 Å². The van der Waals surface area contributed by atoms with E-state index >= 15 is 0 Å². The number of nitrogens with one attached hydrogen (secondary N) is 3. The lowest BCUT2D eigenvalue weighted by Gasteiger charge is -2.48. The zero-order valence-electron chi connectivity index (χ0n) is 34.2. The molecule has 0 saturated carbocycles. The topological polar surface area (TPSA) is 98.5 Å². The predicted octanol–water partition coefficient (Wildman–Crippen LogP) is 9.57. The molecule has 0 spiro atoms. The second-order valence-electron chi connectivity index (χ2n) is 17.0. The maximum Gasteiger partial charge on any atom is 0.339 e. The first-order valence-electron chi connectivity index (χ1n) is 21.8. The van der Waals surface area contributed by atoms with Gasteiger partial charge < -0.3 is 23.9 Å². The minimum Gasteiger partial charge on any atom is -0.462 e. The molecule has 0 aliphatic carbocycles. The van der Waals surface area contributed by atoms with Gasteiger partial charge in [-0.3, -0.25) is 10.6 Å². The summed E-state index contributed by atoms with van der Waals surface area (Å²) in [5, 5.41) is 14.2. The summed E-state index contributed by atoms with van der Waals surface area (Å²) in [5.74, 6) is -0.692. The molecule has 0 unspecified atom stereocenters. The van der Waals surface area contributed by atoms with E-state index in [1.165, 1.54) is 5.56 Å². The van der Waals surface area contributed by atoms with Crippen LogP contribution in [-0.4, -0.2) is 47.4 Å². The van der Waals surface area contributed by atoms with Crippen molar-refractivity contribution in [2.75, 3.05) is 31.6 Å². The highest BCUT2D eigenvalue weighted by atomic mass is 16.5. The van der Waals surface area contributed by atoms with Gasteiger partial charge in [-0.1, -0.05) is 80.6 Å². The van der Waals surface area contributed by atoms with Crippen LogP contribution in [0.3, 0.4) is 0 Å². The lowest BCUT2D eigenvalue weighted by Crippen LogP contribution is -2.48. The standard InChI is InChI=1S/C49H55N5O4/c1-5-48-23-15-25-50-46(48)53-37-21-13-10-18-31(37)39(42(53)34(28-48)44(55)57-7-3)33-27-30-17-9-12-20-36(30)52-41(33)40-32-19-11-14-22-38(32)54-43(40)35(45(56)58-8-4)29-49(6-2)24-16-26-51-47(49)54/h9-14,17-22,28-29,33,41,46-47,50-52H,5-8,15-16,23-27H2,1-4H3/t33-,41+,46+,47+,48-,49-/m0/s1. The van der Waals surface area contributed by atoms with Crippen molar-refractivity contribution in [2.24, 2.45) is 10.8 Å². The number of para-hydroxylation sites is 3. The summed E-state index contributed by atoms with van der Waals surface area (Å²) < 4.78 is 16.8. The van der Waals surface area contributed by atoms with Gasteiger partial charge in [-0.15, -0.1) is 0 Å². The zero-order valence-corrected chi connectivity index (χ0v) is 34.2. The summed E-state index contributed by atoms with van der Waals surface area (Å²) in [4.78, 5) is 28.9. The highest BCUT2D eigenvalue weighted by Crippen LogP contribution is 2.58. The second-order valence-corrected chi connectivity index (χ2v) is 17.0. The number of esters is 2. The number of aromatic nitrogens is 2. The van der Waals surface area contributed by atoms with Crippen LogP contribution in [0.2, 0.25) is 0 Å². The van der Waals surface area contributed by atoms with Crippen LogP contribution in [0, 0.1) is 10.8 Å². The van der Waals surface area contributed by atoms with Crippen molar-refractivity contribution < 1.29 is 19.1 Å². The molecule has 300 valence electrons. The first-order chi connectivity index (χ1) is 28.4. The lowest BCUT2D eigenvalue weighted by molar-refractivity contribution is -0.137. The Morgan fingerprint density at radius 2 is 1.17 bits per heavy atom. The van der Waals surface area contributed by atoms with Crippen LogP contribution in [-0.2, 0) is 25.5 Å². The number of ether oxygens (including phenoxy) is 2. The third-order valence-corrected chi connectivity index (χ3v) is 14.4. The largest absolute Gasteiger partial charge is 0.462 e. The highest BCUT2D eigenvalue weighted by molar-refractivity contribution is 6.20. The van der Waals surface area contributed by atoms with Gasteiger partial charge in [0.25, 0.3) is 0 Å². The molecule has 9 nitrogen and oxygen atoms in total. The van der Waals surface area contributed by atoms with Gasteiger partial charge in [0.2, 0.25) is 0 Å². The van der Waals surface area contributed by atoms with Crippen LogP contribution in [0.1, 0.15) is 119 Å². The van der Waals surface area contributed by atoms with Crippen molar-refractivity contribution >= 4 is 50.6 Å². The highest BCUT2D eigenvalue weighted by Gasteiger charge is 2.51. The summed E-state index contributed by atoms with van der Waals surface area (Å²) >= 11 is 0. The summed E-state index contributed by atoms with van der Waals surface area (Å²) in [6.07, 6.45) is 11.1. The van der Waals surface area contributed by atoms with E-state index < -0.39 is 0 Å². The van der Waals surface area contributed by atoms with Crippen LogP contribution in [0.15, 0.2) is 84.9 Å². The summed E-state index contributed by atoms with van der Waals surface area (Å²) in [6.45, 7) is 10.7. The molecule has 3 aromatic carbocycles. The van der Waals surface area contributed by atoms with Crippen molar-refractivity contribution in [3.63, 3.8) is 0 Å². The molecular formula is C49H55N5O4. The second kappa shape index (κ2) is 14.3. The van der Waals surface area contributed by atoms with Gasteiger partial charge in [0, 0.05) is 38.8 Å².